The minimum absolute atomic E-state index is 0.00340. The summed E-state index contributed by atoms with van der Waals surface area (Å²) in [5.41, 5.74) is 0.703. The van der Waals surface area contributed by atoms with E-state index in [2.05, 4.69) is 15.0 Å². The lowest BCUT2D eigenvalue weighted by molar-refractivity contribution is -0.119. The molecule has 0 aliphatic rings. The molecule has 0 spiro atoms. The molecule has 5 heteroatoms. The summed E-state index contributed by atoms with van der Waals surface area (Å²) in [4.78, 5) is 15.0. The smallest absolute Gasteiger partial charge is 0.251 e. The van der Waals surface area contributed by atoms with Gasteiger partial charge in [-0.2, -0.15) is 0 Å². The van der Waals surface area contributed by atoms with Crippen LogP contribution in [0.4, 0.5) is 5.82 Å². The van der Waals surface area contributed by atoms with E-state index in [1.807, 2.05) is 0 Å². The zero-order chi connectivity index (χ0) is 10.4. The van der Waals surface area contributed by atoms with Gasteiger partial charge in [0, 0.05) is 13.3 Å². The SMILES string of the molecule is COCC(=O)Nc1ccc(CO)cn1. The van der Waals surface area contributed by atoms with Crippen molar-refractivity contribution in [3.8, 4) is 0 Å². The van der Waals surface area contributed by atoms with Crippen molar-refractivity contribution in [2.45, 2.75) is 6.61 Å². The van der Waals surface area contributed by atoms with Gasteiger partial charge in [-0.25, -0.2) is 4.98 Å². The molecule has 5 nitrogen and oxygen atoms in total. The van der Waals surface area contributed by atoms with E-state index < -0.39 is 0 Å². The largest absolute Gasteiger partial charge is 0.392 e. The molecule has 1 heterocycles. The zero-order valence-electron chi connectivity index (χ0n) is 7.86. The summed E-state index contributed by atoms with van der Waals surface area (Å²) in [6.07, 6.45) is 1.50. The Morgan fingerprint density at radius 1 is 1.64 bits per heavy atom. The van der Waals surface area contributed by atoms with Gasteiger partial charge in [-0.05, 0) is 11.6 Å². The van der Waals surface area contributed by atoms with Gasteiger partial charge in [0.1, 0.15) is 12.4 Å². The predicted octanol–water partition coefficient (Wildman–Crippen LogP) is 0.159. The molecule has 1 aromatic heterocycles. The van der Waals surface area contributed by atoms with Crippen LogP contribution in [0.5, 0.6) is 0 Å². The fourth-order valence-electron chi connectivity index (χ4n) is 0.902. The Kier molecular flexibility index (Phi) is 4.03. The van der Waals surface area contributed by atoms with Gasteiger partial charge in [-0.1, -0.05) is 6.07 Å². The molecule has 2 N–H and O–H groups in total. The molecular formula is C9H12N2O3. The Hall–Kier alpha value is -1.46. The van der Waals surface area contributed by atoms with E-state index >= 15 is 0 Å². The summed E-state index contributed by atoms with van der Waals surface area (Å²) in [5.74, 6) is 0.195. The van der Waals surface area contributed by atoms with Gasteiger partial charge in [0.2, 0.25) is 0 Å². The summed E-state index contributed by atoms with van der Waals surface area (Å²) < 4.78 is 4.64. The Morgan fingerprint density at radius 2 is 2.43 bits per heavy atom. The number of anilines is 1. The molecule has 0 saturated heterocycles. The van der Waals surface area contributed by atoms with Crippen LogP contribution in [-0.4, -0.2) is 29.7 Å². The van der Waals surface area contributed by atoms with Crippen molar-refractivity contribution in [3.05, 3.63) is 23.9 Å². The number of aromatic nitrogens is 1. The molecular weight excluding hydrogens is 184 g/mol. The van der Waals surface area contributed by atoms with Gasteiger partial charge in [0.05, 0.1) is 6.61 Å². The van der Waals surface area contributed by atoms with E-state index in [1.165, 1.54) is 13.3 Å². The third kappa shape index (κ3) is 3.12. The molecule has 0 radical (unpaired) electrons. The topological polar surface area (TPSA) is 71.5 Å². The van der Waals surface area contributed by atoms with E-state index in [0.29, 0.717) is 11.4 Å². The zero-order valence-corrected chi connectivity index (χ0v) is 7.86. The molecule has 0 bridgehead atoms. The molecule has 0 aromatic carbocycles. The third-order valence-electron chi connectivity index (χ3n) is 1.55. The van der Waals surface area contributed by atoms with E-state index in [1.54, 1.807) is 12.1 Å². The fourth-order valence-corrected chi connectivity index (χ4v) is 0.902. The van der Waals surface area contributed by atoms with Gasteiger partial charge >= 0.3 is 0 Å². The van der Waals surface area contributed by atoms with E-state index in [9.17, 15) is 4.79 Å². The molecule has 0 atom stereocenters. The number of carbonyl (C=O) groups is 1. The first-order chi connectivity index (χ1) is 6.76. The van der Waals surface area contributed by atoms with Crippen molar-refractivity contribution < 1.29 is 14.6 Å². The number of rotatable bonds is 4. The first-order valence-electron chi connectivity index (χ1n) is 4.11. The summed E-state index contributed by atoms with van der Waals surface area (Å²) in [7, 11) is 1.45. The molecule has 0 unspecified atom stereocenters. The minimum Gasteiger partial charge on any atom is -0.392 e. The highest BCUT2D eigenvalue weighted by atomic mass is 16.5. The molecule has 1 amide bonds. The average Bonchev–Trinajstić information content (AvgIpc) is 2.19. The maximum atomic E-state index is 11.0. The molecule has 1 rings (SSSR count). The lowest BCUT2D eigenvalue weighted by Crippen LogP contribution is -2.17. The predicted molar refractivity (Wildman–Crippen MR) is 50.7 cm³/mol. The number of pyridine rings is 1. The van der Waals surface area contributed by atoms with Crippen LogP contribution in [0, 0.1) is 0 Å². The van der Waals surface area contributed by atoms with Crippen LogP contribution in [0.25, 0.3) is 0 Å². The maximum Gasteiger partial charge on any atom is 0.251 e. The molecule has 0 aliphatic carbocycles. The second-order valence-electron chi connectivity index (χ2n) is 2.69. The third-order valence-corrected chi connectivity index (χ3v) is 1.55. The van der Waals surface area contributed by atoms with Crippen molar-refractivity contribution >= 4 is 11.7 Å². The highest BCUT2D eigenvalue weighted by molar-refractivity contribution is 5.90. The number of ether oxygens (including phenoxy) is 1. The van der Waals surface area contributed by atoms with Crippen molar-refractivity contribution in [1.82, 2.24) is 4.98 Å². The number of carbonyl (C=O) groups excluding carboxylic acids is 1. The number of amides is 1. The Bertz CT molecular complexity index is 297. The number of hydrogen-bond acceptors (Lipinski definition) is 4. The maximum absolute atomic E-state index is 11.0. The quantitative estimate of drug-likeness (QED) is 0.719. The van der Waals surface area contributed by atoms with Crippen LogP contribution in [0.15, 0.2) is 18.3 Å². The Morgan fingerprint density at radius 3 is 2.93 bits per heavy atom. The monoisotopic (exact) mass is 196 g/mol. The van der Waals surface area contributed by atoms with E-state index in [0.717, 1.165) is 0 Å². The van der Waals surface area contributed by atoms with Crippen molar-refractivity contribution in [3.63, 3.8) is 0 Å². The van der Waals surface area contributed by atoms with Crippen LogP contribution >= 0.6 is 0 Å². The van der Waals surface area contributed by atoms with Crippen molar-refractivity contribution in [1.29, 1.82) is 0 Å². The lowest BCUT2D eigenvalue weighted by atomic mass is 10.3. The van der Waals surface area contributed by atoms with Crippen LogP contribution in [0.1, 0.15) is 5.56 Å². The number of nitrogens with one attached hydrogen (secondary N) is 1. The van der Waals surface area contributed by atoms with Crippen molar-refractivity contribution in [2.24, 2.45) is 0 Å². The van der Waals surface area contributed by atoms with Gasteiger partial charge in [-0.15, -0.1) is 0 Å². The molecule has 14 heavy (non-hydrogen) atoms. The standard InChI is InChI=1S/C9H12N2O3/c1-14-6-9(13)11-8-3-2-7(5-12)4-10-8/h2-4,12H,5-6H2,1H3,(H,10,11,13). The summed E-state index contributed by atoms with van der Waals surface area (Å²) >= 11 is 0. The first kappa shape index (κ1) is 10.6. The number of aliphatic hydroxyl groups is 1. The van der Waals surface area contributed by atoms with Gasteiger partial charge < -0.3 is 15.2 Å². The van der Waals surface area contributed by atoms with E-state index in [4.69, 9.17) is 5.11 Å². The number of aliphatic hydroxyl groups excluding tert-OH is 1. The molecule has 1 aromatic rings. The van der Waals surface area contributed by atoms with Gasteiger partial charge in [0.25, 0.3) is 5.91 Å². The molecule has 76 valence electrons. The fraction of sp³-hybridized carbons (Fsp3) is 0.333. The number of methoxy groups -OCH3 is 1. The first-order valence-corrected chi connectivity index (χ1v) is 4.11. The van der Waals surface area contributed by atoms with Crippen LogP contribution in [0.2, 0.25) is 0 Å². The summed E-state index contributed by atoms with van der Waals surface area (Å²) in [6.45, 7) is -0.0528. The highest BCUT2D eigenvalue weighted by Crippen LogP contribution is 2.04. The van der Waals surface area contributed by atoms with Crippen LogP contribution in [-0.2, 0) is 16.1 Å². The van der Waals surface area contributed by atoms with Crippen LogP contribution < -0.4 is 5.32 Å². The van der Waals surface area contributed by atoms with Gasteiger partial charge in [-0.3, -0.25) is 4.79 Å². The lowest BCUT2D eigenvalue weighted by Gasteiger charge is -2.03. The van der Waals surface area contributed by atoms with Gasteiger partial charge in [0.15, 0.2) is 0 Å². The van der Waals surface area contributed by atoms with E-state index in [-0.39, 0.29) is 19.1 Å². The van der Waals surface area contributed by atoms with Crippen molar-refractivity contribution in [2.75, 3.05) is 19.0 Å². The van der Waals surface area contributed by atoms with Crippen LogP contribution in [0.3, 0.4) is 0 Å². The molecule has 0 fully saturated rings. The molecule has 0 saturated carbocycles. The minimum atomic E-state index is -0.253. The number of nitrogens with zero attached hydrogens (tertiary/aromatic N) is 1. The summed E-state index contributed by atoms with van der Waals surface area (Å²) in [5, 5.41) is 11.3. The second-order valence-corrected chi connectivity index (χ2v) is 2.69. The normalized spacial score (nSPS) is 9.86. The second kappa shape index (κ2) is 5.31. The Balaban J connectivity index is 2.55. The average molecular weight is 196 g/mol. The Labute approximate surface area is 81.7 Å². The summed E-state index contributed by atoms with van der Waals surface area (Å²) in [6, 6.07) is 3.31. The highest BCUT2D eigenvalue weighted by Gasteiger charge is 2.01. The molecule has 0 aliphatic heterocycles. The number of hydrogen-bond donors (Lipinski definition) is 2.